The highest BCUT2D eigenvalue weighted by molar-refractivity contribution is 5.82. The monoisotopic (exact) mass is 164 g/mol. The number of methoxy groups -OCH3 is 1. The van der Waals surface area contributed by atoms with Gasteiger partial charge in [-0.3, -0.25) is 4.99 Å². The molecule has 4 heteroatoms. The van der Waals surface area contributed by atoms with E-state index in [1.54, 1.807) is 12.3 Å². The quantitative estimate of drug-likeness (QED) is 0.441. The molecule has 12 heavy (non-hydrogen) atoms. The molecule has 0 aromatic carbocycles. The van der Waals surface area contributed by atoms with Crippen molar-refractivity contribution in [3.63, 3.8) is 0 Å². The highest BCUT2D eigenvalue weighted by atomic mass is 16.5. The molecule has 0 saturated heterocycles. The maximum Gasteiger partial charge on any atom is 0.379 e. The van der Waals surface area contributed by atoms with Gasteiger partial charge in [0.15, 0.2) is 0 Å². The van der Waals surface area contributed by atoms with Crippen LogP contribution in [0.3, 0.4) is 0 Å². The zero-order valence-corrected chi connectivity index (χ0v) is 6.65. The van der Waals surface area contributed by atoms with Gasteiger partial charge in [-0.1, -0.05) is 0 Å². The van der Waals surface area contributed by atoms with E-state index in [4.69, 9.17) is 4.74 Å². The van der Waals surface area contributed by atoms with Crippen LogP contribution < -0.4 is 9.47 Å². The first-order valence-electron chi connectivity index (χ1n) is 3.62. The number of hydrogen-bond donors (Lipinski definition) is 0. The Balaban J connectivity index is 2.57. The standard InChI is InChI=1S/C8H8N2O2/c1-12-8-3-2-6-4-9-5-7(6)10(8)11/h2-4H,5H2,1H3. The number of rotatable bonds is 1. The number of aliphatic imine (C=N–C) groups is 1. The average Bonchev–Trinajstić information content (AvgIpc) is 2.53. The van der Waals surface area contributed by atoms with E-state index < -0.39 is 0 Å². The molecule has 0 atom stereocenters. The molecule has 0 unspecified atom stereocenters. The van der Waals surface area contributed by atoms with Crippen LogP contribution in [0.4, 0.5) is 0 Å². The normalized spacial score (nSPS) is 13.1. The fraction of sp³-hybridized carbons (Fsp3) is 0.250. The van der Waals surface area contributed by atoms with Gasteiger partial charge in [0.05, 0.1) is 18.7 Å². The van der Waals surface area contributed by atoms with Crippen molar-refractivity contribution in [3.05, 3.63) is 28.6 Å². The lowest BCUT2D eigenvalue weighted by molar-refractivity contribution is -0.620. The SMILES string of the molecule is COc1ccc2c([n+]1[O-])CN=C2. The number of ether oxygens (including phenoxy) is 1. The van der Waals surface area contributed by atoms with Crippen LogP contribution in [0.15, 0.2) is 17.1 Å². The molecule has 0 spiro atoms. The maximum absolute atomic E-state index is 11.4. The Labute approximate surface area is 69.7 Å². The fourth-order valence-corrected chi connectivity index (χ4v) is 1.23. The van der Waals surface area contributed by atoms with Crippen LogP contribution >= 0.6 is 0 Å². The molecule has 0 saturated carbocycles. The molecule has 1 aliphatic rings. The van der Waals surface area contributed by atoms with Crippen molar-refractivity contribution in [1.29, 1.82) is 0 Å². The molecule has 62 valence electrons. The summed E-state index contributed by atoms with van der Waals surface area (Å²) < 4.78 is 5.65. The molecule has 0 N–H and O–H groups in total. The van der Waals surface area contributed by atoms with E-state index in [0.717, 1.165) is 10.3 Å². The first-order chi connectivity index (χ1) is 5.83. The molecule has 1 aromatic rings. The summed E-state index contributed by atoms with van der Waals surface area (Å²) in [4.78, 5) is 3.99. The van der Waals surface area contributed by atoms with E-state index in [2.05, 4.69) is 4.99 Å². The van der Waals surface area contributed by atoms with Gasteiger partial charge in [-0.15, -0.1) is 4.73 Å². The number of nitrogens with zero attached hydrogens (tertiary/aromatic N) is 2. The van der Waals surface area contributed by atoms with Gasteiger partial charge in [0.1, 0.15) is 6.54 Å². The summed E-state index contributed by atoms with van der Waals surface area (Å²) in [7, 11) is 1.48. The van der Waals surface area contributed by atoms with Crippen LogP contribution in [0.2, 0.25) is 0 Å². The molecule has 4 nitrogen and oxygen atoms in total. The average molecular weight is 164 g/mol. The highest BCUT2D eigenvalue weighted by Crippen LogP contribution is 2.13. The van der Waals surface area contributed by atoms with Gasteiger partial charge in [0, 0.05) is 6.21 Å². The van der Waals surface area contributed by atoms with Crippen LogP contribution in [-0.4, -0.2) is 13.3 Å². The molecule has 0 fully saturated rings. The molecule has 0 radical (unpaired) electrons. The first kappa shape index (κ1) is 7.09. The largest absolute Gasteiger partial charge is 0.616 e. The Morgan fingerprint density at radius 3 is 3.17 bits per heavy atom. The Morgan fingerprint density at radius 2 is 2.42 bits per heavy atom. The van der Waals surface area contributed by atoms with Gasteiger partial charge in [0.25, 0.3) is 0 Å². The molecule has 2 rings (SSSR count). The minimum absolute atomic E-state index is 0.319. The lowest BCUT2D eigenvalue weighted by Crippen LogP contribution is -2.33. The molecular weight excluding hydrogens is 156 g/mol. The lowest BCUT2D eigenvalue weighted by atomic mass is 10.2. The summed E-state index contributed by atoms with van der Waals surface area (Å²) >= 11 is 0. The van der Waals surface area contributed by atoms with Crippen LogP contribution in [0.5, 0.6) is 5.88 Å². The molecule has 0 amide bonds. The predicted molar refractivity (Wildman–Crippen MR) is 43.3 cm³/mol. The Kier molecular flexibility index (Phi) is 1.46. The number of aromatic nitrogens is 1. The smallest absolute Gasteiger partial charge is 0.379 e. The summed E-state index contributed by atoms with van der Waals surface area (Å²) in [5, 5.41) is 11.4. The molecule has 1 aliphatic heterocycles. The van der Waals surface area contributed by atoms with E-state index in [9.17, 15) is 5.21 Å². The molecule has 0 bridgehead atoms. The summed E-state index contributed by atoms with van der Waals surface area (Å²) in [6.07, 6.45) is 1.70. The second-order valence-corrected chi connectivity index (χ2v) is 2.54. The van der Waals surface area contributed by atoms with Crippen LogP contribution in [-0.2, 0) is 6.54 Å². The van der Waals surface area contributed by atoms with Gasteiger partial charge < -0.3 is 9.94 Å². The maximum atomic E-state index is 11.4. The van der Waals surface area contributed by atoms with E-state index in [-0.39, 0.29) is 0 Å². The second kappa shape index (κ2) is 2.48. The Hall–Kier alpha value is -1.58. The predicted octanol–water partition coefficient (Wildman–Crippen LogP) is 0.261. The van der Waals surface area contributed by atoms with Crippen molar-refractivity contribution < 1.29 is 9.47 Å². The van der Waals surface area contributed by atoms with Crippen LogP contribution in [0.1, 0.15) is 11.3 Å². The number of hydrogen-bond acceptors (Lipinski definition) is 3. The van der Waals surface area contributed by atoms with E-state index >= 15 is 0 Å². The zero-order chi connectivity index (χ0) is 8.55. The summed E-state index contributed by atoms with van der Waals surface area (Å²) in [6, 6.07) is 3.47. The molecule has 0 aliphatic carbocycles. The van der Waals surface area contributed by atoms with Crippen molar-refractivity contribution in [2.75, 3.05) is 7.11 Å². The Morgan fingerprint density at radius 1 is 1.58 bits per heavy atom. The summed E-state index contributed by atoms with van der Waals surface area (Å²) in [6.45, 7) is 0.454. The molecule has 1 aromatic heterocycles. The van der Waals surface area contributed by atoms with E-state index in [0.29, 0.717) is 18.1 Å². The van der Waals surface area contributed by atoms with E-state index in [1.165, 1.54) is 7.11 Å². The summed E-state index contributed by atoms with van der Waals surface area (Å²) in [5.41, 5.74) is 1.54. The van der Waals surface area contributed by atoms with Crippen molar-refractivity contribution in [2.45, 2.75) is 6.54 Å². The van der Waals surface area contributed by atoms with E-state index in [1.807, 2.05) is 6.07 Å². The van der Waals surface area contributed by atoms with Crippen molar-refractivity contribution in [3.8, 4) is 5.88 Å². The minimum atomic E-state index is 0.319. The first-order valence-corrected chi connectivity index (χ1v) is 3.62. The molecular formula is C8H8N2O2. The molecule has 2 heterocycles. The van der Waals surface area contributed by atoms with Crippen molar-refractivity contribution >= 4 is 6.21 Å². The van der Waals surface area contributed by atoms with Gasteiger partial charge in [-0.2, -0.15) is 0 Å². The summed E-state index contributed by atoms with van der Waals surface area (Å²) in [5.74, 6) is 0.319. The minimum Gasteiger partial charge on any atom is -0.616 e. The van der Waals surface area contributed by atoms with Gasteiger partial charge >= 0.3 is 5.88 Å². The van der Waals surface area contributed by atoms with Crippen molar-refractivity contribution in [1.82, 2.24) is 0 Å². The third-order valence-corrected chi connectivity index (χ3v) is 1.86. The number of pyridine rings is 1. The van der Waals surface area contributed by atoms with Crippen molar-refractivity contribution in [2.24, 2.45) is 4.99 Å². The fourth-order valence-electron chi connectivity index (χ4n) is 1.23. The Bertz CT molecular complexity index is 347. The second-order valence-electron chi connectivity index (χ2n) is 2.54. The lowest BCUT2D eigenvalue weighted by Gasteiger charge is -2.05. The van der Waals surface area contributed by atoms with Crippen LogP contribution in [0.25, 0.3) is 0 Å². The van der Waals surface area contributed by atoms with Gasteiger partial charge in [-0.25, -0.2) is 0 Å². The highest BCUT2D eigenvalue weighted by Gasteiger charge is 2.18. The number of fused-ring (bicyclic) bond motifs is 1. The van der Waals surface area contributed by atoms with Gasteiger partial charge in [-0.05, 0) is 6.07 Å². The topological polar surface area (TPSA) is 48.5 Å². The third-order valence-electron chi connectivity index (χ3n) is 1.86. The third kappa shape index (κ3) is 0.845. The zero-order valence-electron chi connectivity index (χ0n) is 6.65. The van der Waals surface area contributed by atoms with Crippen LogP contribution in [0, 0.1) is 5.21 Å². The van der Waals surface area contributed by atoms with Gasteiger partial charge in [0.2, 0.25) is 5.69 Å².